The summed E-state index contributed by atoms with van der Waals surface area (Å²) in [6, 6.07) is 14.2. The van der Waals surface area contributed by atoms with Crippen molar-refractivity contribution < 1.29 is 8.42 Å². The van der Waals surface area contributed by atoms with E-state index in [1.807, 2.05) is 19.1 Å². The molecule has 4 heteroatoms. The van der Waals surface area contributed by atoms with Crippen LogP contribution in [0, 0.1) is 6.92 Å². The van der Waals surface area contributed by atoms with E-state index in [-0.39, 0.29) is 5.75 Å². The number of aryl methyl sites for hydroxylation is 1. The topological polar surface area (TPSA) is 60.2 Å². The predicted octanol–water partition coefficient (Wildman–Crippen LogP) is 3.06. The molecular weight excluding hydrogens is 270 g/mol. The van der Waals surface area contributed by atoms with Crippen molar-refractivity contribution in [3.8, 4) is 0 Å². The minimum absolute atomic E-state index is 0.0135. The quantitative estimate of drug-likeness (QED) is 0.879. The number of benzene rings is 2. The third-order valence-corrected chi connectivity index (χ3v) is 4.56. The van der Waals surface area contributed by atoms with Crippen molar-refractivity contribution in [2.45, 2.75) is 11.8 Å². The molecule has 0 aliphatic rings. The van der Waals surface area contributed by atoms with E-state index in [0.717, 1.165) is 11.1 Å². The van der Waals surface area contributed by atoms with Crippen LogP contribution in [0.25, 0.3) is 6.08 Å². The average Bonchev–Trinajstić information content (AvgIpc) is 2.41. The molecule has 20 heavy (non-hydrogen) atoms. The molecule has 0 atom stereocenters. The smallest absolute Gasteiger partial charge is 0.181 e. The van der Waals surface area contributed by atoms with Crippen molar-refractivity contribution >= 4 is 21.6 Å². The Hall–Kier alpha value is -2.07. The monoisotopic (exact) mass is 287 g/mol. The molecule has 3 nitrogen and oxygen atoms in total. The molecule has 0 radical (unpaired) electrons. The van der Waals surface area contributed by atoms with E-state index in [1.54, 1.807) is 48.6 Å². The second kappa shape index (κ2) is 5.92. The minimum atomic E-state index is -3.27. The summed E-state index contributed by atoms with van der Waals surface area (Å²) >= 11 is 0. The van der Waals surface area contributed by atoms with Gasteiger partial charge in [-0.05, 0) is 36.8 Å². The summed E-state index contributed by atoms with van der Waals surface area (Å²) in [6.07, 6.45) is 3.44. The van der Waals surface area contributed by atoms with Crippen molar-refractivity contribution in [3.63, 3.8) is 0 Å². The van der Waals surface area contributed by atoms with Gasteiger partial charge in [-0.3, -0.25) is 0 Å². The Balaban J connectivity index is 2.09. The molecule has 0 heterocycles. The van der Waals surface area contributed by atoms with Gasteiger partial charge in [-0.25, -0.2) is 8.42 Å². The maximum Gasteiger partial charge on any atom is 0.181 e. The number of nitrogen functional groups attached to an aromatic ring is 1. The van der Waals surface area contributed by atoms with E-state index >= 15 is 0 Å². The normalized spacial score (nSPS) is 11.8. The number of hydrogen-bond donors (Lipinski definition) is 1. The Labute approximate surface area is 119 Å². The first-order valence-electron chi connectivity index (χ1n) is 6.29. The van der Waals surface area contributed by atoms with Gasteiger partial charge in [0.2, 0.25) is 0 Å². The minimum Gasteiger partial charge on any atom is -0.399 e. The Bertz CT molecular complexity index is 699. The Morgan fingerprint density at radius 3 is 2.20 bits per heavy atom. The Kier molecular flexibility index (Phi) is 4.25. The van der Waals surface area contributed by atoms with Crippen LogP contribution in [0.1, 0.15) is 11.1 Å². The molecule has 0 bridgehead atoms. The van der Waals surface area contributed by atoms with Crippen molar-refractivity contribution in [1.29, 1.82) is 0 Å². The fraction of sp³-hybridized carbons (Fsp3) is 0.125. The molecule has 0 aromatic heterocycles. The lowest BCUT2D eigenvalue weighted by Gasteiger charge is -2.02. The molecule has 2 aromatic carbocycles. The molecule has 2 rings (SSSR count). The molecule has 0 fully saturated rings. The van der Waals surface area contributed by atoms with Gasteiger partial charge in [-0.1, -0.05) is 42.0 Å². The van der Waals surface area contributed by atoms with Gasteiger partial charge in [0.15, 0.2) is 9.84 Å². The molecule has 0 spiro atoms. The number of rotatable bonds is 4. The molecule has 0 aliphatic heterocycles. The molecule has 104 valence electrons. The Morgan fingerprint density at radius 1 is 1.00 bits per heavy atom. The van der Waals surface area contributed by atoms with Crippen LogP contribution in [-0.4, -0.2) is 14.2 Å². The van der Waals surface area contributed by atoms with E-state index in [9.17, 15) is 8.42 Å². The summed E-state index contributed by atoms with van der Waals surface area (Å²) in [5.41, 5.74) is 8.25. The van der Waals surface area contributed by atoms with E-state index < -0.39 is 9.84 Å². The summed E-state index contributed by atoms with van der Waals surface area (Å²) in [4.78, 5) is 0.352. The zero-order chi connectivity index (χ0) is 14.6. The number of anilines is 1. The molecule has 2 aromatic rings. The molecule has 0 amide bonds. The van der Waals surface area contributed by atoms with Gasteiger partial charge in [0.25, 0.3) is 0 Å². The average molecular weight is 287 g/mol. The maximum atomic E-state index is 12.1. The molecule has 0 saturated heterocycles. The van der Waals surface area contributed by atoms with E-state index in [1.165, 1.54) is 0 Å². The molecule has 0 saturated carbocycles. The van der Waals surface area contributed by atoms with Crippen LogP contribution in [0.15, 0.2) is 59.5 Å². The zero-order valence-electron chi connectivity index (χ0n) is 11.3. The maximum absolute atomic E-state index is 12.1. The molecule has 2 N–H and O–H groups in total. The highest BCUT2D eigenvalue weighted by atomic mass is 32.2. The highest BCUT2D eigenvalue weighted by molar-refractivity contribution is 7.91. The van der Waals surface area contributed by atoms with Crippen LogP contribution in [0.5, 0.6) is 0 Å². The van der Waals surface area contributed by atoms with Gasteiger partial charge in [-0.15, -0.1) is 0 Å². The van der Waals surface area contributed by atoms with Crippen LogP contribution < -0.4 is 5.73 Å². The SMILES string of the molecule is Cc1ccc(S(=O)(=O)CC=Cc2ccc(N)cc2)cc1. The van der Waals surface area contributed by atoms with Crippen molar-refractivity contribution in [2.75, 3.05) is 11.5 Å². The summed E-state index contributed by atoms with van der Waals surface area (Å²) in [6.45, 7) is 1.93. The van der Waals surface area contributed by atoms with Crippen molar-refractivity contribution in [3.05, 3.63) is 65.7 Å². The van der Waals surface area contributed by atoms with Gasteiger partial charge in [-0.2, -0.15) is 0 Å². The molecular formula is C16H17NO2S. The fourth-order valence-electron chi connectivity index (χ4n) is 1.76. The van der Waals surface area contributed by atoms with Crippen LogP contribution in [0.3, 0.4) is 0 Å². The molecule has 0 unspecified atom stereocenters. The lowest BCUT2D eigenvalue weighted by Crippen LogP contribution is -2.04. The lowest BCUT2D eigenvalue weighted by molar-refractivity contribution is 0.599. The number of nitrogens with two attached hydrogens (primary N) is 1. The van der Waals surface area contributed by atoms with Gasteiger partial charge in [0, 0.05) is 5.69 Å². The van der Waals surface area contributed by atoms with Crippen LogP contribution in [0.2, 0.25) is 0 Å². The van der Waals surface area contributed by atoms with Crippen LogP contribution in [0.4, 0.5) is 5.69 Å². The Morgan fingerprint density at radius 2 is 1.60 bits per heavy atom. The second-order valence-corrected chi connectivity index (χ2v) is 6.70. The zero-order valence-corrected chi connectivity index (χ0v) is 12.1. The molecule has 0 aliphatic carbocycles. The van der Waals surface area contributed by atoms with Gasteiger partial charge in [0.05, 0.1) is 10.6 Å². The number of hydrogen-bond acceptors (Lipinski definition) is 3. The fourth-order valence-corrected chi connectivity index (χ4v) is 2.85. The lowest BCUT2D eigenvalue weighted by atomic mass is 10.2. The van der Waals surface area contributed by atoms with E-state index in [0.29, 0.717) is 10.6 Å². The van der Waals surface area contributed by atoms with Gasteiger partial charge in [0.1, 0.15) is 0 Å². The predicted molar refractivity (Wildman–Crippen MR) is 83.1 cm³/mol. The van der Waals surface area contributed by atoms with Gasteiger partial charge >= 0.3 is 0 Å². The highest BCUT2D eigenvalue weighted by Gasteiger charge is 2.11. The standard InChI is InChI=1S/C16H17NO2S/c1-13-4-10-16(11-5-13)20(18,19)12-2-3-14-6-8-15(17)9-7-14/h2-11H,12,17H2,1H3. The third kappa shape index (κ3) is 3.71. The summed E-state index contributed by atoms with van der Waals surface area (Å²) in [5, 5.41) is 0. The number of sulfone groups is 1. The van der Waals surface area contributed by atoms with Gasteiger partial charge < -0.3 is 5.73 Å². The summed E-state index contributed by atoms with van der Waals surface area (Å²) < 4.78 is 24.2. The highest BCUT2D eigenvalue weighted by Crippen LogP contribution is 2.13. The van der Waals surface area contributed by atoms with Crippen LogP contribution in [-0.2, 0) is 9.84 Å². The summed E-state index contributed by atoms with van der Waals surface area (Å²) in [7, 11) is -3.27. The second-order valence-electron chi connectivity index (χ2n) is 4.66. The van der Waals surface area contributed by atoms with Crippen molar-refractivity contribution in [1.82, 2.24) is 0 Å². The first-order valence-corrected chi connectivity index (χ1v) is 7.94. The van der Waals surface area contributed by atoms with Crippen molar-refractivity contribution in [2.24, 2.45) is 0 Å². The van der Waals surface area contributed by atoms with Crippen LogP contribution >= 0.6 is 0 Å². The first kappa shape index (κ1) is 14.3. The van der Waals surface area contributed by atoms with E-state index in [2.05, 4.69) is 0 Å². The van der Waals surface area contributed by atoms with E-state index in [4.69, 9.17) is 5.73 Å². The summed E-state index contributed by atoms with van der Waals surface area (Å²) in [5.74, 6) is -0.0135. The largest absolute Gasteiger partial charge is 0.399 e. The third-order valence-electron chi connectivity index (χ3n) is 2.94. The first-order chi connectivity index (χ1) is 9.47.